The number of amides is 2. The molecule has 0 aromatic rings. The van der Waals surface area contributed by atoms with Gasteiger partial charge in [-0.05, 0) is 25.7 Å². The highest BCUT2D eigenvalue weighted by atomic mass is 79.9. The Morgan fingerprint density at radius 3 is 1.60 bits per heavy atom. The van der Waals surface area contributed by atoms with Gasteiger partial charge in [-0.15, -0.1) is 0 Å². The van der Waals surface area contributed by atoms with E-state index in [1.165, 1.54) is 0 Å². The topological polar surface area (TPSA) is 72.2 Å². The Morgan fingerprint density at radius 2 is 1.53 bits per heavy atom. The Hall–Kier alpha value is -0.580. The van der Waals surface area contributed by atoms with E-state index in [0.717, 1.165) is 25.7 Å². The molecule has 2 saturated carbocycles. The molecule has 86 valence electrons. The van der Waals surface area contributed by atoms with Crippen molar-refractivity contribution in [3.63, 3.8) is 0 Å². The van der Waals surface area contributed by atoms with Crippen LogP contribution in [0.15, 0.2) is 0 Å². The zero-order valence-electron chi connectivity index (χ0n) is 9.10. The number of nitrogens with one attached hydrogen (secondary N) is 1. The molecule has 0 aromatic carbocycles. The second-order valence-electron chi connectivity index (χ2n) is 4.91. The lowest BCUT2D eigenvalue weighted by Crippen LogP contribution is -2.21. The van der Waals surface area contributed by atoms with Crippen LogP contribution in [0.2, 0.25) is 0 Å². The van der Waals surface area contributed by atoms with Gasteiger partial charge in [-0.1, -0.05) is 13.8 Å². The van der Waals surface area contributed by atoms with Gasteiger partial charge in [0.1, 0.15) is 0 Å². The second-order valence-corrected chi connectivity index (χ2v) is 5.31. The van der Waals surface area contributed by atoms with Crippen molar-refractivity contribution >= 4 is 28.0 Å². The van der Waals surface area contributed by atoms with Crippen LogP contribution in [0.5, 0.6) is 0 Å². The van der Waals surface area contributed by atoms with Crippen molar-refractivity contribution in [2.45, 2.75) is 39.5 Å². The third kappa shape index (κ3) is 3.19. The van der Waals surface area contributed by atoms with Crippen LogP contribution in [0, 0.1) is 10.8 Å². The fourth-order valence-electron chi connectivity index (χ4n) is 0.963. The summed E-state index contributed by atoms with van der Waals surface area (Å²) in [7, 11) is 0. The van der Waals surface area contributed by atoms with Crippen LogP contribution in [-0.4, -0.2) is 11.8 Å². The standard InChI is InChI=1S/C5H8BrNO.C5H9NO/c1-5(2-3-5)4(8)7-6;1-5(2-3-5)4(6)7/h2-3H2,1H3,(H,7,8);2-3H2,1H3,(H2,6,7). The highest BCUT2D eigenvalue weighted by molar-refractivity contribution is 9.08. The number of halogens is 1. The number of hydrogen-bond donors (Lipinski definition) is 2. The van der Waals surface area contributed by atoms with Gasteiger partial charge in [0.05, 0.1) is 0 Å². The van der Waals surface area contributed by atoms with Crippen molar-refractivity contribution in [1.29, 1.82) is 0 Å². The molecule has 5 heteroatoms. The first kappa shape index (κ1) is 12.5. The van der Waals surface area contributed by atoms with E-state index in [1.807, 2.05) is 13.8 Å². The van der Waals surface area contributed by atoms with Crippen LogP contribution >= 0.6 is 16.1 Å². The molecule has 15 heavy (non-hydrogen) atoms. The minimum atomic E-state index is -0.146. The second kappa shape index (κ2) is 4.12. The van der Waals surface area contributed by atoms with Gasteiger partial charge in [0, 0.05) is 27.0 Å². The quantitative estimate of drug-likeness (QED) is 0.750. The molecule has 0 radical (unpaired) electrons. The Bertz CT molecular complexity index is 283. The number of rotatable bonds is 2. The summed E-state index contributed by atoms with van der Waals surface area (Å²) in [5.41, 5.74) is 4.84. The van der Waals surface area contributed by atoms with E-state index in [0.29, 0.717) is 0 Å². The number of nitrogens with two attached hydrogens (primary N) is 1. The average molecular weight is 277 g/mol. The lowest BCUT2D eigenvalue weighted by Gasteiger charge is -2.01. The van der Waals surface area contributed by atoms with E-state index in [9.17, 15) is 9.59 Å². The first-order valence-electron chi connectivity index (χ1n) is 5.05. The van der Waals surface area contributed by atoms with Crippen molar-refractivity contribution < 1.29 is 9.59 Å². The van der Waals surface area contributed by atoms with Gasteiger partial charge < -0.3 is 5.73 Å². The van der Waals surface area contributed by atoms with Crippen molar-refractivity contribution in [2.75, 3.05) is 0 Å². The first-order valence-corrected chi connectivity index (χ1v) is 5.84. The van der Waals surface area contributed by atoms with E-state index in [4.69, 9.17) is 5.73 Å². The highest BCUT2D eigenvalue weighted by Gasteiger charge is 2.44. The summed E-state index contributed by atoms with van der Waals surface area (Å²) >= 11 is 2.89. The molecule has 0 bridgehead atoms. The zero-order valence-corrected chi connectivity index (χ0v) is 10.7. The largest absolute Gasteiger partial charge is 0.369 e. The summed E-state index contributed by atoms with van der Waals surface area (Å²) in [6, 6.07) is 0. The number of hydrogen-bond acceptors (Lipinski definition) is 2. The Morgan fingerprint density at radius 1 is 1.13 bits per heavy atom. The monoisotopic (exact) mass is 276 g/mol. The predicted molar refractivity (Wildman–Crippen MR) is 60.9 cm³/mol. The number of primary amides is 1. The highest BCUT2D eigenvalue weighted by Crippen LogP contribution is 2.45. The molecule has 2 aliphatic carbocycles. The predicted octanol–water partition coefficient (Wildman–Crippen LogP) is 1.48. The summed E-state index contributed by atoms with van der Waals surface area (Å²) in [4.78, 5) is 21.0. The SMILES string of the molecule is CC1(C(=O)NBr)CC1.CC1(C(N)=O)CC1. The molecule has 4 nitrogen and oxygen atoms in total. The van der Waals surface area contributed by atoms with Gasteiger partial charge in [-0.2, -0.15) is 0 Å². The Kier molecular flexibility index (Phi) is 3.43. The van der Waals surface area contributed by atoms with Gasteiger partial charge in [-0.3, -0.25) is 13.9 Å². The lowest BCUT2D eigenvalue weighted by molar-refractivity contribution is -0.123. The van der Waals surface area contributed by atoms with Crippen LogP contribution in [0.1, 0.15) is 39.5 Å². The molecule has 0 unspecified atom stereocenters. The van der Waals surface area contributed by atoms with Gasteiger partial charge in [-0.25, -0.2) is 0 Å². The Balaban J connectivity index is 0.000000151. The smallest absolute Gasteiger partial charge is 0.235 e. The maximum atomic E-state index is 10.7. The lowest BCUT2D eigenvalue weighted by atomic mass is 10.1. The maximum Gasteiger partial charge on any atom is 0.235 e. The Labute approximate surface area is 98.3 Å². The molecule has 2 aliphatic rings. The minimum absolute atomic E-state index is 0.0382. The van der Waals surface area contributed by atoms with Gasteiger partial charge in [0.2, 0.25) is 11.8 Å². The number of carbonyl (C=O) groups excluding carboxylic acids is 2. The molecular formula is C10H17BrN2O2. The van der Waals surface area contributed by atoms with Crippen LogP contribution in [0.25, 0.3) is 0 Å². The summed E-state index contributed by atoms with van der Waals surface area (Å²) in [6.45, 7) is 3.86. The van der Waals surface area contributed by atoms with Gasteiger partial charge in [0.25, 0.3) is 0 Å². The molecule has 2 rings (SSSR count). The molecular weight excluding hydrogens is 260 g/mol. The van der Waals surface area contributed by atoms with Crippen molar-refractivity contribution in [2.24, 2.45) is 16.6 Å². The summed E-state index contributed by atoms with van der Waals surface area (Å²) < 4.78 is 2.44. The molecule has 0 aromatic heterocycles. The molecule has 0 atom stereocenters. The molecule has 0 saturated heterocycles. The molecule has 0 heterocycles. The zero-order chi connectivity index (χ0) is 11.7. The van der Waals surface area contributed by atoms with Gasteiger partial charge >= 0.3 is 0 Å². The summed E-state index contributed by atoms with van der Waals surface area (Å²) in [6.07, 6.45) is 4.04. The third-order valence-corrected chi connectivity index (χ3v) is 3.59. The average Bonchev–Trinajstić information content (AvgIpc) is 3.07. The third-order valence-electron chi connectivity index (χ3n) is 3.23. The first-order chi connectivity index (χ1) is 6.84. The summed E-state index contributed by atoms with van der Waals surface area (Å²) in [5.74, 6) is -0.0370. The molecule has 3 N–H and O–H groups in total. The van der Waals surface area contributed by atoms with E-state index < -0.39 is 0 Å². The summed E-state index contributed by atoms with van der Waals surface area (Å²) in [5, 5.41) is 0. The molecule has 0 spiro atoms. The fraction of sp³-hybridized carbons (Fsp3) is 0.800. The number of carbonyl (C=O) groups is 2. The van der Waals surface area contributed by atoms with Crippen molar-refractivity contribution in [1.82, 2.24) is 4.34 Å². The fourth-order valence-corrected chi connectivity index (χ4v) is 1.44. The van der Waals surface area contributed by atoms with E-state index in [2.05, 4.69) is 20.5 Å². The minimum Gasteiger partial charge on any atom is -0.369 e. The van der Waals surface area contributed by atoms with Crippen LogP contribution < -0.4 is 10.1 Å². The molecule has 0 aliphatic heterocycles. The van der Waals surface area contributed by atoms with Crippen LogP contribution in [-0.2, 0) is 9.59 Å². The van der Waals surface area contributed by atoms with Gasteiger partial charge in [0.15, 0.2) is 0 Å². The van der Waals surface area contributed by atoms with E-state index >= 15 is 0 Å². The molecule has 2 fully saturated rings. The maximum absolute atomic E-state index is 10.7. The van der Waals surface area contributed by atoms with Crippen LogP contribution in [0.4, 0.5) is 0 Å². The van der Waals surface area contributed by atoms with Crippen LogP contribution in [0.3, 0.4) is 0 Å². The van der Waals surface area contributed by atoms with E-state index in [1.54, 1.807) is 0 Å². The van der Waals surface area contributed by atoms with E-state index in [-0.39, 0.29) is 22.6 Å². The normalized spacial score (nSPS) is 23.1. The van der Waals surface area contributed by atoms with Crippen molar-refractivity contribution in [3.05, 3.63) is 0 Å². The molecule has 2 amide bonds. The van der Waals surface area contributed by atoms with Crippen molar-refractivity contribution in [3.8, 4) is 0 Å².